The van der Waals surface area contributed by atoms with Crippen molar-refractivity contribution in [3.05, 3.63) is 70.9 Å². The average molecular weight is 471 g/mol. The molecule has 1 heterocycles. The van der Waals surface area contributed by atoms with Crippen LogP contribution >= 0.6 is 0 Å². The maximum absolute atomic E-state index is 12.8. The topological polar surface area (TPSA) is 168 Å². The first-order valence-corrected chi connectivity index (χ1v) is 10.1. The third-order valence-electron chi connectivity index (χ3n) is 4.19. The summed E-state index contributed by atoms with van der Waals surface area (Å²) < 4.78 is 63.2. The molecule has 0 atom stereocenters. The van der Waals surface area contributed by atoms with Crippen LogP contribution in [-0.4, -0.2) is 29.6 Å². The van der Waals surface area contributed by atoms with Crippen LogP contribution in [0.1, 0.15) is 11.1 Å². The van der Waals surface area contributed by atoms with Gasteiger partial charge in [-0.05, 0) is 18.2 Å². The smallest absolute Gasteiger partial charge is 0.419 e. The Labute approximate surface area is 179 Å². The molecule has 0 saturated carbocycles. The lowest BCUT2D eigenvalue weighted by atomic mass is 10.1. The van der Waals surface area contributed by atoms with E-state index in [9.17, 15) is 31.3 Å². The van der Waals surface area contributed by atoms with Crippen molar-refractivity contribution in [1.82, 2.24) is 9.78 Å². The Bertz CT molecular complexity index is 1260. The van der Waals surface area contributed by atoms with Gasteiger partial charge in [-0.3, -0.25) is 4.79 Å². The minimum absolute atomic E-state index is 0. The van der Waals surface area contributed by atoms with Gasteiger partial charge in [0.1, 0.15) is 4.90 Å². The van der Waals surface area contributed by atoms with Gasteiger partial charge in [-0.1, -0.05) is 18.2 Å². The van der Waals surface area contributed by atoms with Gasteiger partial charge in [-0.2, -0.15) is 18.3 Å². The van der Waals surface area contributed by atoms with Crippen molar-refractivity contribution < 1.29 is 37.0 Å². The molecule has 0 unspecified atom stereocenters. The molecule has 0 aliphatic heterocycles. The molecule has 1 amide bonds. The Hall–Kier alpha value is -3.62. The van der Waals surface area contributed by atoms with Gasteiger partial charge in [0.2, 0.25) is 15.9 Å². The predicted octanol–water partition coefficient (Wildman–Crippen LogP) is 1.02. The van der Waals surface area contributed by atoms with Crippen molar-refractivity contribution in [2.24, 2.45) is 5.14 Å². The molecule has 0 aliphatic rings. The van der Waals surface area contributed by atoms with Crippen LogP contribution < -0.4 is 15.6 Å². The number of carbonyl (C=O) groups is 1. The molecular formula is C18H16F3N5O5S. The molecule has 2 aromatic carbocycles. The van der Waals surface area contributed by atoms with Gasteiger partial charge in [0, 0.05) is 33.6 Å². The van der Waals surface area contributed by atoms with Gasteiger partial charge in [-0.15, -0.1) is 0 Å². The van der Waals surface area contributed by atoms with E-state index >= 15 is 0 Å². The Kier molecular flexibility index (Phi) is 7.13. The van der Waals surface area contributed by atoms with E-state index < -0.39 is 32.6 Å². The molecule has 32 heavy (non-hydrogen) atoms. The Morgan fingerprint density at radius 3 is 2.47 bits per heavy atom. The van der Waals surface area contributed by atoms with E-state index in [-0.39, 0.29) is 29.0 Å². The number of amides is 1. The SMILES string of the molecule is NS(=O)(=O)c1cc(NC(=O)Cc2ccccc2[NH+]=O)ccc1-n1cc(C(F)(F)F)cn1.[OH-]. The number of hydrogen-bond donors (Lipinski definition) is 3. The number of rotatable bonds is 6. The van der Waals surface area contributed by atoms with Gasteiger partial charge < -0.3 is 10.8 Å². The number of carbonyl (C=O) groups excluding carboxylic acids is 1. The van der Waals surface area contributed by atoms with E-state index in [1.807, 2.05) is 0 Å². The van der Waals surface area contributed by atoms with Gasteiger partial charge in [0.15, 0.2) is 0 Å². The zero-order valence-corrected chi connectivity index (χ0v) is 16.8. The van der Waals surface area contributed by atoms with Gasteiger partial charge in [-0.25, -0.2) is 18.2 Å². The highest BCUT2D eigenvalue weighted by molar-refractivity contribution is 7.89. The normalized spacial score (nSPS) is 11.5. The van der Waals surface area contributed by atoms with Crippen LogP contribution in [0.25, 0.3) is 5.69 Å². The molecule has 3 aromatic rings. The zero-order chi connectivity index (χ0) is 22.8. The number of nitrogens with one attached hydrogen (secondary N) is 2. The van der Waals surface area contributed by atoms with E-state index in [1.165, 1.54) is 12.1 Å². The zero-order valence-electron chi connectivity index (χ0n) is 16.0. The summed E-state index contributed by atoms with van der Waals surface area (Å²) in [5.74, 6) is -0.561. The Morgan fingerprint density at radius 2 is 1.88 bits per heavy atom. The predicted molar refractivity (Wildman–Crippen MR) is 105 cm³/mol. The second-order valence-corrected chi connectivity index (χ2v) is 7.91. The summed E-state index contributed by atoms with van der Waals surface area (Å²) in [6, 6.07) is 9.76. The fourth-order valence-corrected chi connectivity index (χ4v) is 3.51. The van der Waals surface area contributed by atoms with Crippen LogP contribution in [0, 0.1) is 4.91 Å². The van der Waals surface area contributed by atoms with Crippen molar-refractivity contribution >= 4 is 27.3 Å². The molecule has 0 aliphatic carbocycles. The first kappa shape index (κ1) is 24.6. The largest absolute Gasteiger partial charge is 0.870 e. The van der Waals surface area contributed by atoms with E-state index in [0.29, 0.717) is 18.0 Å². The maximum Gasteiger partial charge on any atom is 0.419 e. The minimum atomic E-state index is -4.66. The van der Waals surface area contributed by atoms with E-state index in [1.54, 1.807) is 23.4 Å². The highest BCUT2D eigenvalue weighted by atomic mass is 32.2. The first-order chi connectivity index (χ1) is 14.5. The maximum atomic E-state index is 12.8. The molecule has 0 fully saturated rings. The van der Waals surface area contributed by atoms with Crippen molar-refractivity contribution in [2.45, 2.75) is 17.5 Å². The molecule has 0 saturated heterocycles. The number of para-hydroxylation sites is 1. The summed E-state index contributed by atoms with van der Waals surface area (Å²) in [5.41, 5.74) is -0.645. The number of hydrogen-bond acceptors (Lipinski definition) is 6. The van der Waals surface area contributed by atoms with E-state index in [2.05, 4.69) is 10.4 Å². The lowest BCUT2D eigenvalue weighted by molar-refractivity contribution is -0.380. The number of nitrogens with zero attached hydrogens (tertiary/aromatic N) is 2. The van der Waals surface area contributed by atoms with Crippen molar-refractivity contribution in [3.63, 3.8) is 0 Å². The highest BCUT2D eigenvalue weighted by Crippen LogP contribution is 2.30. The van der Waals surface area contributed by atoms with Gasteiger partial charge in [0.25, 0.3) is 5.69 Å². The number of halogens is 3. The average Bonchev–Trinajstić information content (AvgIpc) is 3.18. The molecule has 5 N–H and O–H groups in total. The lowest BCUT2D eigenvalue weighted by Gasteiger charge is -2.11. The van der Waals surface area contributed by atoms with Crippen molar-refractivity contribution in [1.29, 1.82) is 0 Å². The minimum Gasteiger partial charge on any atom is -0.870 e. The number of nitrogens with two attached hydrogens (primary N) is 1. The number of sulfonamides is 1. The molecule has 170 valence electrons. The first-order valence-electron chi connectivity index (χ1n) is 8.54. The van der Waals surface area contributed by atoms with E-state index in [4.69, 9.17) is 5.14 Å². The van der Waals surface area contributed by atoms with Gasteiger partial charge >= 0.3 is 6.18 Å². The summed E-state index contributed by atoms with van der Waals surface area (Å²) in [6.45, 7) is 0. The molecule has 1 aromatic heterocycles. The third kappa shape index (κ3) is 5.54. The highest BCUT2D eigenvalue weighted by Gasteiger charge is 2.32. The van der Waals surface area contributed by atoms with Crippen molar-refractivity contribution in [2.75, 3.05) is 5.32 Å². The van der Waals surface area contributed by atoms with Crippen LogP contribution in [-0.2, 0) is 27.4 Å². The molecule has 0 spiro atoms. The van der Waals surface area contributed by atoms with Gasteiger partial charge in [0.05, 0.1) is 23.9 Å². The number of nitroso groups, excluding NO2 is 1. The summed E-state index contributed by atoms with van der Waals surface area (Å²) >= 11 is 0. The molecular weight excluding hydrogens is 455 g/mol. The second kappa shape index (κ2) is 9.25. The number of anilines is 1. The molecule has 0 bridgehead atoms. The standard InChI is InChI=1S/C18H14F3N5O4S.H2O/c19-18(20,21)12-9-23-26(10-12)15-6-5-13(8-16(15)31(22,29)30)24-17(27)7-11-3-1-2-4-14(11)25-28;/h1-6,8-10H,7H2,(H,24,27)(H2,22,29,30);1H2. The number of alkyl halides is 3. The molecule has 3 rings (SSSR count). The van der Waals surface area contributed by atoms with Crippen LogP contribution in [0.5, 0.6) is 0 Å². The third-order valence-corrected chi connectivity index (χ3v) is 5.13. The lowest BCUT2D eigenvalue weighted by Crippen LogP contribution is -2.56. The molecule has 0 radical (unpaired) electrons. The van der Waals surface area contributed by atoms with Crippen LogP contribution in [0.4, 0.5) is 24.5 Å². The second-order valence-electron chi connectivity index (χ2n) is 6.38. The summed E-state index contributed by atoms with van der Waals surface area (Å²) in [5, 5.41) is 12.9. The Balaban J connectivity index is 0.00000363. The number of benzene rings is 2. The van der Waals surface area contributed by atoms with Crippen molar-refractivity contribution in [3.8, 4) is 5.69 Å². The Morgan fingerprint density at radius 1 is 1.19 bits per heavy atom. The van der Waals surface area contributed by atoms with E-state index in [0.717, 1.165) is 16.8 Å². The quantitative estimate of drug-likeness (QED) is 0.485. The molecule has 14 heteroatoms. The van der Waals surface area contributed by atoms with Crippen LogP contribution in [0.2, 0.25) is 0 Å². The summed E-state index contributed by atoms with van der Waals surface area (Å²) in [4.78, 5) is 22.7. The fraction of sp³-hybridized carbons (Fsp3) is 0.111. The number of primary sulfonamides is 1. The summed E-state index contributed by atoms with van der Waals surface area (Å²) in [6.07, 6.45) is -3.69. The van der Waals surface area contributed by atoms with Crippen LogP contribution in [0.15, 0.2) is 59.8 Å². The summed E-state index contributed by atoms with van der Waals surface area (Å²) in [7, 11) is -4.38. The fourth-order valence-electron chi connectivity index (χ4n) is 2.76. The molecule has 10 nitrogen and oxygen atoms in total. The number of aromatic nitrogens is 2. The van der Waals surface area contributed by atoms with Crippen LogP contribution in [0.3, 0.4) is 0 Å². The monoisotopic (exact) mass is 471 g/mol.